The zero-order valence-electron chi connectivity index (χ0n) is 19.9. The number of rotatable bonds is 11. The van der Waals surface area contributed by atoms with Crippen LogP contribution in [0, 0.1) is 0 Å². The first-order valence-corrected chi connectivity index (χ1v) is 12.2. The predicted molar refractivity (Wildman–Crippen MR) is 133 cm³/mol. The van der Waals surface area contributed by atoms with Crippen molar-refractivity contribution in [1.29, 1.82) is 0 Å². The summed E-state index contributed by atoms with van der Waals surface area (Å²) in [5, 5.41) is 0. The summed E-state index contributed by atoms with van der Waals surface area (Å²) in [6.45, 7) is 8.86. The van der Waals surface area contributed by atoms with E-state index in [1.807, 2.05) is 0 Å². The molecule has 0 N–H and O–H groups in total. The van der Waals surface area contributed by atoms with E-state index in [1.165, 1.54) is 52.7 Å². The van der Waals surface area contributed by atoms with Crippen molar-refractivity contribution in [2.45, 2.75) is 85.5 Å². The van der Waals surface area contributed by atoms with Gasteiger partial charge in [-0.25, -0.2) is 4.70 Å². The van der Waals surface area contributed by atoms with Gasteiger partial charge in [-0.2, -0.15) is 0 Å². The average molecular weight is 415 g/mol. The summed E-state index contributed by atoms with van der Waals surface area (Å²) < 4.78 is 1.46. The quantitative estimate of drug-likeness (QED) is 0.328. The molecule has 0 spiro atoms. The fourth-order valence-electron chi connectivity index (χ4n) is 4.48. The number of nitrogens with zero attached hydrogens (tertiary/aromatic N) is 2. The normalized spacial score (nSPS) is 14.1. The minimum Gasteiger partial charge on any atom is -0.493 e. The van der Waals surface area contributed by atoms with Gasteiger partial charge in [-0.1, -0.05) is 64.3 Å². The summed E-state index contributed by atoms with van der Waals surface area (Å²) in [6.07, 6.45) is 10.3. The van der Waals surface area contributed by atoms with E-state index < -0.39 is 0 Å². The largest absolute Gasteiger partial charge is 0.493 e. The summed E-state index contributed by atoms with van der Waals surface area (Å²) in [5.74, 6) is 0. The van der Waals surface area contributed by atoms with Crippen molar-refractivity contribution in [2.24, 2.45) is 0 Å². The fraction of sp³-hybridized carbons (Fsp3) is 0.448. The lowest BCUT2D eigenvalue weighted by Crippen LogP contribution is -2.03. The van der Waals surface area contributed by atoms with Gasteiger partial charge in [0.25, 0.3) is 0 Å². The van der Waals surface area contributed by atoms with Crippen LogP contribution in [0.15, 0.2) is 59.7 Å². The van der Waals surface area contributed by atoms with Gasteiger partial charge in [0.1, 0.15) is 0 Å². The van der Waals surface area contributed by atoms with Gasteiger partial charge in [-0.05, 0) is 80.8 Å². The SMILES string of the molecule is CCCCC1=C(c2cccc(CCCC)c2)[N+](=[N-])C(c2ccc(CCCC)cc2)=C1C. The Bertz CT molecular complexity index is 960. The zero-order valence-corrected chi connectivity index (χ0v) is 19.9. The third kappa shape index (κ3) is 5.42. The molecule has 2 heteroatoms. The van der Waals surface area contributed by atoms with Crippen molar-refractivity contribution in [3.63, 3.8) is 0 Å². The molecule has 2 nitrogen and oxygen atoms in total. The first-order valence-electron chi connectivity index (χ1n) is 12.2. The van der Waals surface area contributed by atoms with Crippen LogP contribution in [0.4, 0.5) is 0 Å². The van der Waals surface area contributed by atoms with E-state index in [-0.39, 0.29) is 0 Å². The molecule has 1 heterocycles. The molecule has 0 amide bonds. The Kier molecular flexibility index (Phi) is 8.40. The van der Waals surface area contributed by atoms with Crippen molar-refractivity contribution in [2.75, 3.05) is 0 Å². The molecule has 2 aromatic rings. The van der Waals surface area contributed by atoms with Crippen LogP contribution in [-0.2, 0) is 12.8 Å². The Hall–Kier alpha value is -2.48. The van der Waals surface area contributed by atoms with Crippen molar-refractivity contribution in [3.8, 4) is 0 Å². The van der Waals surface area contributed by atoms with Gasteiger partial charge in [0.05, 0.1) is 0 Å². The molecule has 0 fully saturated rings. The molecule has 1 aliphatic rings. The van der Waals surface area contributed by atoms with Gasteiger partial charge < -0.3 is 5.53 Å². The summed E-state index contributed by atoms with van der Waals surface area (Å²) in [6, 6.07) is 17.5. The third-order valence-electron chi connectivity index (χ3n) is 6.36. The number of aryl methyl sites for hydroxylation is 2. The molecule has 164 valence electrons. The molecular formula is C29H38N2. The molecule has 0 radical (unpaired) electrons. The number of benzene rings is 2. The van der Waals surface area contributed by atoms with Gasteiger partial charge in [-0.3, -0.25) is 0 Å². The molecule has 1 aliphatic heterocycles. The fourth-order valence-corrected chi connectivity index (χ4v) is 4.48. The highest BCUT2D eigenvalue weighted by atomic mass is 15.2. The van der Waals surface area contributed by atoms with E-state index in [4.69, 9.17) is 0 Å². The van der Waals surface area contributed by atoms with E-state index in [0.717, 1.165) is 54.6 Å². The van der Waals surface area contributed by atoms with Gasteiger partial charge >= 0.3 is 0 Å². The highest BCUT2D eigenvalue weighted by Gasteiger charge is 2.33. The van der Waals surface area contributed by atoms with E-state index >= 15 is 0 Å². The first kappa shape index (κ1) is 23.2. The highest BCUT2D eigenvalue weighted by Crippen LogP contribution is 2.42. The Morgan fingerprint density at radius 2 is 1.29 bits per heavy atom. The predicted octanol–water partition coefficient (Wildman–Crippen LogP) is 8.75. The Labute approximate surface area is 189 Å². The first-order chi connectivity index (χ1) is 15.1. The second-order valence-electron chi connectivity index (χ2n) is 8.82. The Morgan fingerprint density at radius 3 is 1.94 bits per heavy atom. The van der Waals surface area contributed by atoms with E-state index in [9.17, 15) is 5.53 Å². The smallest absolute Gasteiger partial charge is 0.211 e. The van der Waals surface area contributed by atoms with Crippen LogP contribution in [0.2, 0.25) is 0 Å². The van der Waals surface area contributed by atoms with Crippen molar-refractivity contribution in [3.05, 3.63) is 87.5 Å². The van der Waals surface area contributed by atoms with Crippen LogP contribution in [0.3, 0.4) is 0 Å². The van der Waals surface area contributed by atoms with E-state index in [2.05, 4.69) is 76.2 Å². The number of unbranched alkanes of at least 4 members (excludes halogenated alkanes) is 3. The lowest BCUT2D eigenvalue weighted by molar-refractivity contribution is -0.345. The van der Waals surface area contributed by atoms with Crippen LogP contribution >= 0.6 is 0 Å². The van der Waals surface area contributed by atoms with E-state index in [1.54, 1.807) is 0 Å². The Morgan fingerprint density at radius 1 is 0.677 bits per heavy atom. The molecule has 0 bridgehead atoms. The van der Waals surface area contributed by atoms with Crippen molar-refractivity contribution in [1.82, 2.24) is 0 Å². The molecule has 0 atom stereocenters. The second-order valence-corrected chi connectivity index (χ2v) is 8.82. The maximum Gasteiger partial charge on any atom is 0.211 e. The van der Waals surface area contributed by atoms with Gasteiger partial charge in [-0.15, -0.1) is 0 Å². The van der Waals surface area contributed by atoms with Crippen LogP contribution in [0.25, 0.3) is 16.9 Å². The monoisotopic (exact) mass is 414 g/mol. The summed E-state index contributed by atoms with van der Waals surface area (Å²) in [5.41, 5.74) is 20.7. The standard InChI is InChI=1S/C29H38N2/c1-5-8-12-23-17-19-25(20-18-23)28-22(4)27(16-10-7-3)29(31(28)30)26-15-11-14-24(21-26)13-9-6-2/h11,14-15,17-21H,5-10,12-13,16H2,1-4H3. The van der Waals surface area contributed by atoms with E-state index in [0.29, 0.717) is 0 Å². The Balaban J connectivity index is 1.97. The van der Waals surface area contributed by atoms with Gasteiger partial charge in [0.2, 0.25) is 11.4 Å². The molecule has 2 aromatic carbocycles. The summed E-state index contributed by atoms with van der Waals surface area (Å²) in [7, 11) is 0. The lowest BCUT2D eigenvalue weighted by atomic mass is 9.95. The number of allylic oxidation sites excluding steroid dienone is 2. The maximum absolute atomic E-state index is 11.4. The molecule has 0 saturated heterocycles. The molecule has 0 aliphatic carbocycles. The van der Waals surface area contributed by atoms with Gasteiger partial charge in [0.15, 0.2) is 0 Å². The summed E-state index contributed by atoms with van der Waals surface area (Å²) in [4.78, 5) is 0. The van der Waals surface area contributed by atoms with Crippen LogP contribution in [0.5, 0.6) is 0 Å². The topological polar surface area (TPSA) is 25.3 Å². The summed E-state index contributed by atoms with van der Waals surface area (Å²) >= 11 is 0. The van der Waals surface area contributed by atoms with Crippen LogP contribution in [-0.4, -0.2) is 4.70 Å². The highest BCUT2D eigenvalue weighted by molar-refractivity contribution is 5.81. The number of hydrogen-bond donors (Lipinski definition) is 0. The zero-order chi connectivity index (χ0) is 22.2. The third-order valence-corrected chi connectivity index (χ3v) is 6.36. The molecule has 0 saturated carbocycles. The molecular weight excluding hydrogens is 376 g/mol. The molecule has 0 unspecified atom stereocenters. The van der Waals surface area contributed by atoms with Gasteiger partial charge in [0, 0.05) is 22.3 Å². The minimum absolute atomic E-state index is 0.933. The maximum atomic E-state index is 11.4. The van der Waals surface area contributed by atoms with Crippen LogP contribution < -0.4 is 0 Å². The van der Waals surface area contributed by atoms with Crippen molar-refractivity contribution < 1.29 is 4.70 Å². The minimum atomic E-state index is 0.933. The van der Waals surface area contributed by atoms with Crippen LogP contribution in [0.1, 0.15) is 94.9 Å². The molecule has 31 heavy (non-hydrogen) atoms. The molecule has 3 rings (SSSR count). The van der Waals surface area contributed by atoms with Crippen molar-refractivity contribution >= 4 is 11.4 Å². The lowest BCUT2D eigenvalue weighted by Gasteiger charge is -2.11. The second kappa shape index (κ2) is 11.2. The average Bonchev–Trinajstić information content (AvgIpc) is 3.04. The molecule has 0 aromatic heterocycles. The number of hydrogen-bond acceptors (Lipinski definition) is 0.